The standard InChI is InChI=1S/C13H19NO2/c1-10(2)14(9-8-13(15)16)12-6-4-11(3)5-7-12/h4-7,10H,8-9H2,1-3H3,(H,15,16). The fourth-order valence-electron chi connectivity index (χ4n) is 1.64. The molecule has 0 aliphatic carbocycles. The van der Waals surface area contributed by atoms with Crippen molar-refractivity contribution in [3.05, 3.63) is 29.8 Å². The van der Waals surface area contributed by atoms with Crippen LogP contribution in [0.3, 0.4) is 0 Å². The normalized spacial score (nSPS) is 10.5. The van der Waals surface area contributed by atoms with Gasteiger partial charge >= 0.3 is 5.97 Å². The van der Waals surface area contributed by atoms with Crippen LogP contribution >= 0.6 is 0 Å². The van der Waals surface area contributed by atoms with Gasteiger partial charge in [0, 0.05) is 18.3 Å². The average Bonchev–Trinajstić information content (AvgIpc) is 2.20. The van der Waals surface area contributed by atoms with Crippen LogP contribution in [0.1, 0.15) is 25.8 Å². The van der Waals surface area contributed by atoms with Crippen LogP contribution in [-0.2, 0) is 4.79 Å². The largest absolute Gasteiger partial charge is 0.481 e. The molecule has 0 aliphatic rings. The summed E-state index contributed by atoms with van der Waals surface area (Å²) in [6.45, 7) is 6.74. The highest BCUT2D eigenvalue weighted by Crippen LogP contribution is 2.18. The second-order valence-corrected chi connectivity index (χ2v) is 4.27. The van der Waals surface area contributed by atoms with Gasteiger partial charge in [-0.1, -0.05) is 17.7 Å². The molecule has 0 unspecified atom stereocenters. The maximum absolute atomic E-state index is 10.6. The molecule has 0 atom stereocenters. The highest BCUT2D eigenvalue weighted by Gasteiger charge is 2.11. The Bertz CT molecular complexity index is 343. The van der Waals surface area contributed by atoms with E-state index in [1.165, 1.54) is 5.56 Å². The van der Waals surface area contributed by atoms with Gasteiger partial charge in [0.05, 0.1) is 6.42 Å². The van der Waals surface area contributed by atoms with Gasteiger partial charge in [0.25, 0.3) is 0 Å². The van der Waals surface area contributed by atoms with E-state index >= 15 is 0 Å². The van der Waals surface area contributed by atoms with Gasteiger partial charge in [0.2, 0.25) is 0 Å². The average molecular weight is 221 g/mol. The number of rotatable bonds is 5. The number of aliphatic carboxylic acids is 1. The highest BCUT2D eigenvalue weighted by atomic mass is 16.4. The number of hydrogen-bond donors (Lipinski definition) is 1. The lowest BCUT2D eigenvalue weighted by molar-refractivity contribution is -0.136. The van der Waals surface area contributed by atoms with Crippen molar-refractivity contribution in [2.75, 3.05) is 11.4 Å². The Morgan fingerprint density at radius 1 is 1.31 bits per heavy atom. The van der Waals surface area contributed by atoms with Gasteiger partial charge in [0.1, 0.15) is 0 Å². The number of aryl methyl sites for hydroxylation is 1. The molecule has 0 bridgehead atoms. The SMILES string of the molecule is Cc1ccc(N(CCC(=O)O)C(C)C)cc1. The minimum Gasteiger partial charge on any atom is -0.481 e. The molecule has 0 fully saturated rings. The first-order chi connectivity index (χ1) is 7.50. The van der Waals surface area contributed by atoms with Crippen molar-refractivity contribution >= 4 is 11.7 Å². The lowest BCUT2D eigenvalue weighted by atomic mass is 10.2. The molecule has 1 aromatic rings. The van der Waals surface area contributed by atoms with Gasteiger partial charge in [0.15, 0.2) is 0 Å². The minimum absolute atomic E-state index is 0.173. The van der Waals surface area contributed by atoms with Crippen LogP contribution in [0.15, 0.2) is 24.3 Å². The van der Waals surface area contributed by atoms with E-state index in [4.69, 9.17) is 5.11 Å². The van der Waals surface area contributed by atoms with Crippen molar-refractivity contribution in [2.45, 2.75) is 33.2 Å². The number of anilines is 1. The zero-order valence-electron chi connectivity index (χ0n) is 10.1. The molecule has 0 radical (unpaired) electrons. The Morgan fingerprint density at radius 3 is 2.31 bits per heavy atom. The molecule has 0 saturated heterocycles. The monoisotopic (exact) mass is 221 g/mol. The summed E-state index contributed by atoms with van der Waals surface area (Å²) in [5.41, 5.74) is 2.30. The predicted molar refractivity (Wildman–Crippen MR) is 65.9 cm³/mol. The second kappa shape index (κ2) is 5.54. The third-order valence-electron chi connectivity index (χ3n) is 2.56. The van der Waals surface area contributed by atoms with E-state index in [0.29, 0.717) is 12.6 Å². The van der Waals surface area contributed by atoms with Crippen molar-refractivity contribution in [1.29, 1.82) is 0 Å². The molecule has 0 aromatic heterocycles. The van der Waals surface area contributed by atoms with Gasteiger partial charge in [-0.15, -0.1) is 0 Å². The lowest BCUT2D eigenvalue weighted by Gasteiger charge is -2.28. The molecule has 1 N–H and O–H groups in total. The van der Waals surface area contributed by atoms with Crippen LogP contribution in [0.4, 0.5) is 5.69 Å². The van der Waals surface area contributed by atoms with Crippen LogP contribution in [0.2, 0.25) is 0 Å². The summed E-state index contributed by atoms with van der Waals surface area (Å²) < 4.78 is 0. The molecule has 1 aromatic carbocycles. The van der Waals surface area contributed by atoms with Gasteiger partial charge in [-0.3, -0.25) is 4.79 Å². The molecule has 1 rings (SSSR count). The van der Waals surface area contributed by atoms with Crippen molar-refractivity contribution < 1.29 is 9.90 Å². The Morgan fingerprint density at radius 2 is 1.88 bits per heavy atom. The highest BCUT2D eigenvalue weighted by molar-refractivity contribution is 5.67. The molecule has 3 nitrogen and oxygen atoms in total. The number of carboxylic acids is 1. The predicted octanol–water partition coefficient (Wildman–Crippen LogP) is 2.68. The maximum Gasteiger partial charge on any atom is 0.305 e. The first kappa shape index (κ1) is 12.6. The Balaban J connectivity index is 2.77. The molecule has 0 amide bonds. The molecule has 0 saturated carbocycles. The van der Waals surface area contributed by atoms with Crippen molar-refractivity contribution in [3.8, 4) is 0 Å². The minimum atomic E-state index is -0.752. The molecule has 88 valence electrons. The van der Waals surface area contributed by atoms with Crippen LogP contribution < -0.4 is 4.90 Å². The summed E-state index contributed by atoms with van der Waals surface area (Å²) in [7, 11) is 0. The van der Waals surface area contributed by atoms with Crippen LogP contribution in [-0.4, -0.2) is 23.7 Å². The zero-order valence-corrected chi connectivity index (χ0v) is 10.1. The quantitative estimate of drug-likeness (QED) is 0.831. The van der Waals surface area contributed by atoms with Crippen LogP contribution in [0, 0.1) is 6.92 Å². The zero-order chi connectivity index (χ0) is 12.1. The molecule has 16 heavy (non-hydrogen) atoms. The molecular weight excluding hydrogens is 202 g/mol. The molecule has 0 heterocycles. The van der Waals surface area contributed by atoms with E-state index in [9.17, 15) is 4.79 Å². The molecule has 0 aliphatic heterocycles. The smallest absolute Gasteiger partial charge is 0.305 e. The number of nitrogens with zero attached hydrogens (tertiary/aromatic N) is 1. The topological polar surface area (TPSA) is 40.5 Å². The summed E-state index contributed by atoms with van der Waals surface area (Å²) in [4.78, 5) is 12.7. The summed E-state index contributed by atoms with van der Waals surface area (Å²) in [6.07, 6.45) is 0.173. The van der Waals surface area contributed by atoms with Crippen LogP contribution in [0.25, 0.3) is 0 Å². The van der Waals surface area contributed by atoms with Gasteiger partial charge in [-0.2, -0.15) is 0 Å². The van der Waals surface area contributed by atoms with Crippen molar-refractivity contribution in [1.82, 2.24) is 0 Å². The first-order valence-corrected chi connectivity index (χ1v) is 5.56. The number of benzene rings is 1. The third-order valence-corrected chi connectivity index (χ3v) is 2.56. The summed E-state index contributed by atoms with van der Waals surface area (Å²) in [5, 5.41) is 8.71. The number of hydrogen-bond acceptors (Lipinski definition) is 2. The van der Waals surface area contributed by atoms with Gasteiger partial charge in [-0.25, -0.2) is 0 Å². The molecule has 3 heteroatoms. The van der Waals surface area contributed by atoms with E-state index in [-0.39, 0.29) is 6.42 Å². The fraction of sp³-hybridized carbons (Fsp3) is 0.462. The van der Waals surface area contributed by atoms with E-state index in [2.05, 4.69) is 18.7 Å². The fourth-order valence-corrected chi connectivity index (χ4v) is 1.64. The van der Waals surface area contributed by atoms with Crippen LogP contribution in [0.5, 0.6) is 0 Å². The van der Waals surface area contributed by atoms with E-state index in [1.54, 1.807) is 0 Å². The van der Waals surface area contributed by atoms with Crippen molar-refractivity contribution in [2.24, 2.45) is 0 Å². The number of carboxylic acid groups (broad SMARTS) is 1. The van der Waals surface area contributed by atoms with Crippen molar-refractivity contribution in [3.63, 3.8) is 0 Å². The van der Waals surface area contributed by atoms with E-state index in [1.807, 2.05) is 31.2 Å². The molecule has 0 spiro atoms. The second-order valence-electron chi connectivity index (χ2n) is 4.27. The van der Waals surface area contributed by atoms with E-state index in [0.717, 1.165) is 5.69 Å². The van der Waals surface area contributed by atoms with E-state index < -0.39 is 5.97 Å². The number of carbonyl (C=O) groups is 1. The molecular formula is C13H19NO2. The lowest BCUT2D eigenvalue weighted by Crippen LogP contribution is -2.32. The van der Waals surface area contributed by atoms with Gasteiger partial charge in [-0.05, 0) is 32.9 Å². The Hall–Kier alpha value is -1.51. The third kappa shape index (κ3) is 3.57. The Kier molecular flexibility index (Phi) is 4.35. The Labute approximate surface area is 96.7 Å². The maximum atomic E-state index is 10.6. The first-order valence-electron chi connectivity index (χ1n) is 5.56. The summed E-state index contributed by atoms with van der Waals surface area (Å²) >= 11 is 0. The summed E-state index contributed by atoms with van der Waals surface area (Å²) in [6, 6.07) is 8.48. The van der Waals surface area contributed by atoms with Gasteiger partial charge < -0.3 is 10.0 Å². The summed E-state index contributed by atoms with van der Waals surface area (Å²) in [5.74, 6) is -0.752.